The van der Waals surface area contributed by atoms with Gasteiger partial charge in [0, 0.05) is 6.20 Å². The largest absolute Gasteiger partial charge is 0.341 e. The van der Waals surface area contributed by atoms with E-state index < -0.39 is 0 Å². The van der Waals surface area contributed by atoms with Gasteiger partial charge in [0.1, 0.15) is 11.2 Å². The number of imidazole rings is 1. The van der Waals surface area contributed by atoms with E-state index in [1.54, 1.807) is 12.5 Å². The predicted molar refractivity (Wildman–Crippen MR) is 59.9 cm³/mol. The van der Waals surface area contributed by atoms with Crippen molar-refractivity contribution in [2.75, 3.05) is 0 Å². The van der Waals surface area contributed by atoms with Gasteiger partial charge in [-0.1, -0.05) is 6.07 Å². The third-order valence-electron chi connectivity index (χ3n) is 2.17. The summed E-state index contributed by atoms with van der Waals surface area (Å²) in [6, 6.07) is 5.59. The summed E-state index contributed by atoms with van der Waals surface area (Å²) in [5.74, 6) is 0. The fraction of sp³-hybridized carbons (Fsp3) is 0. The molecule has 0 aliphatic rings. The zero-order chi connectivity index (χ0) is 11.0. The molecule has 0 aliphatic carbocycles. The molecule has 0 radical (unpaired) electrons. The van der Waals surface area contributed by atoms with Gasteiger partial charge in [0.05, 0.1) is 12.0 Å². The zero-order valence-corrected chi connectivity index (χ0v) is 8.81. The van der Waals surface area contributed by atoms with Gasteiger partial charge >= 0.3 is 0 Å². The van der Waals surface area contributed by atoms with Crippen molar-refractivity contribution in [3.63, 3.8) is 0 Å². The van der Waals surface area contributed by atoms with Crippen molar-refractivity contribution in [2.24, 2.45) is 0 Å². The lowest BCUT2D eigenvalue weighted by molar-refractivity contribution is 1.18. The topological polar surface area (TPSA) is 67.3 Å². The SMILES string of the molecule is Clc1nc(-c2ccccn2)c2[nH]cnc2n1. The molecular formula is C10H6ClN5. The van der Waals surface area contributed by atoms with Gasteiger partial charge in [0.25, 0.3) is 0 Å². The fourth-order valence-electron chi connectivity index (χ4n) is 1.49. The predicted octanol–water partition coefficient (Wildman–Crippen LogP) is 2.07. The minimum absolute atomic E-state index is 0.167. The number of H-pyrrole nitrogens is 1. The molecule has 0 aromatic carbocycles. The van der Waals surface area contributed by atoms with E-state index in [2.05, 4.69) is 24.9 Å². The second-order valence-electron chi connectivity index (χ2n) is 3.16. The molecule has 3 aromatic rings. The average molecular weight is 232 g/mol. The lowest BCUT2D eigenvalue weighted by Gasteiger charge is -2.00. The first-order valence-corrected chi connectivity index (χ1v) is 5.00. The van der Waals surface area contributed by atoms with Crippen LogP contribution in [0.1, 0.15) is 0 Å². The van der Waals surface area contributed by atoms with Crippen LogP contribution in [0.15, 0.2) is 30.7 Å². The number of aromatic nitrogens is 5. The molecule has 0 aliphatic heterocycles. The summed E-state index contributed by atoms with van der Waals surface area (Å²) in [5, 5.41) is 0.167. The Morgan fingerprint density at radius 1 is 1.12 bits per heavy atom. The van der Waals surface area contributed by atoms with Gasteiger partial charge in [0.2, 0.25) is 5.28 Å². The number of nitrogens with one attached hydrogen (secondary N) is 1. The Morgan fingerprint density at radius 3 is 2.88 bits per heavy atom. The van der Waals surface area contributed by atoms with Crippen LogP contribution in [0, 0.1) is 0 Å². The normalized spacial score (nSPS) is 10.8. The summed E-state index contributed by atoms with van der Waals surface area (Å²) >= 11 is 5.83. The Labute approximate surface area is 95.6 Å². The van der Waals surface area contributed by atoms with Gasteiger partial charge in [-0.2, -0.15) is 4.98 Å². The molecule has 16 heavy (non-hydrogen) atoms. The van der Waals surface area contributed by atoms with Crippen molar-refractivity contribution in [3.05, 3.63) is 36.0 Å². The third-order valence-corrected chi connectivity index (χ3v) is 2.33. The van der Waals surface area contributed by atoms with Crippen LogP contribution in [0.4, 0.5) is 0 Å². The molecule has 3 aromatic heterocycles. The van der Waals surface area contributed by atoms with Crippen molar-refractivity contribution in [1.29, 1.82) is 0 Å². The highest BCUT2D eigenvalue weighted by atomic mass is 35.5. The van der Waals surface area contributed by atoms with Crippen LogP contribution in [0.5, 0.6) is 0 Å². The summed E-state index contributed by atoms with van der Waals surface area (Å²) in [6.07, 6.45) is 3.26. The van der Waals surface area contributed by atoms with E-state index in [-0.39, 0.29) is 5.28 Å². The van der Waals surface area contributed by atoms with Crippen molar-refractivity contribution in [3.8, 4) is 11.4 Å². The first-order chi connectivity index (χ1) is 7.84. The van der Waals surface area contributed by atoms with Crippen LogP contribution >= 0.6 is 11.6 Å². The van der Waals surface area contributed by atoms with E-state index in [0.29, 0.717) is 11.3 Å². The molecule has 0 atom stereocenters. The molecule has 0 saturated carbocycles. The first-order valence-electron chi connectivity index (χ1n) is 4.62. The number of hydrogen-bond donors (Lipinski definition) is 1. The lowest BCUT2D eigenvalue weighted by Crippen LogP contribution is -1.92. The summed E-state index contributed by atoms with van der Waals surface area (Å²) in [7, 11) is 0. The van der Waals surface area contributed by atoms with E-state index in [0.717, 1.165) is 11.2 Å². The third kappa shape index (κ3) is 1.42. The minimum Gasteiger partial charge on any atom is -0.341 e. The van der Waals surface area contributed by atoms with Crippen LogP contribution < -0.4 is 0 Å². The highest BCUT2D eigenvalue weighted by Crippen LogP contribution is 2.22. The molecule has 0 saturated heterocycles. The van der Waals surface area contributed by atoms with Gasteiger partial charge < -0.3 is 4.98 Å². The van der Waals surface area contributed by atoms with Gasteiger partial charge in [-0.05, 0) is 23.7 Å². The van der Waals surface area contributed by atoms with Crippen molar-refractivity contribution in [2.45, 2.75) is 0 Å². The maximum absolute atomic E-state index is 5.83. The Kier molecular flexibility index (Phi) is 2.04. The molecule has 0 spiro atoms. The molecule has 3 heterocycles. The van der Waals surface area contributed by atoms with Gasteiger partial charge in [-0.15, -0.1) is 0 Å². The maximum Gasteiger partial charge on any atom is 0.225 e. The van der Waals surface area contributed by atoms with Crippen LogP contribution in [0.3, 0.4) is 0 Å². The molecule has 6 heteroatoms. The number of nitrogens with zero attached hydrogens (tertiary/aromatic N) is 4. The summed E-state index contributed by atoms with van der Waals surface area (Å²) in [4.78, 5) is 19.4. The van der Waals surface area contributed by atoms with Gasteiger partial charge in [-0.3, -0.25) is 4.98 Å². The standard InChI is InChI=1S/C10H6ClN5/c11-10-15-7(6-3-1-2-4-12-6)8-9(16-10)14-5-13-8/h1-5H,(H,13,14,15,16). The van der Waals surface area contributed by atoms with Crippen molar-refractivity contribution < 1.29 is 0 Å². The maximum atomic E-state index is 5.83. The number of pyridine rings is 1. The van der Waals surface area contributed by atoms with Crippen LogP contribution in [-0.2, 0) is 0 Å². The molecule has 0 fully saturated rings. The Balaban J connectivity index is 2.34. The van der Waals surface area contributed by atoms with Gasteiger partial charge in [-0.25, -0.2) is 9.97 Å². The van der Waals surface area contributed by atoms with E-state index in [1.165, 1.54) is 0 Å². The fourth-order valence-corrected chi connectivity index (χ4v) is 1.66. The van der Waals surface area contributed by atoms with Crippen molar-refractivity contribution in [1.82, 2.24) is 24.9 Å². The highest BCUT2D eigenvalue weighted by molar-refractivity contribution is 6.28. The summed E-state index contributed by atoms with van der Waals surface area (Å²) < 4.78 is 0. The number of rotatable bonds is 1. The molecule has 0 amide bonds. The number of halogens is 1. The van der Waals surface area contributed by atoms with E-state index >= 15 is 0 Å². The minimum atomic E-state index is 0.167. The van der Waals surface area contributed by atoms with Crippen LogP contribution in [0.25, 0.3) is 22.6 Å². The number of fused-ring (bicyclic) bond motifs is 1. The lowest BCUT2D eigenvalue weighted by atomic mass is 10.2. The Morgan fingerprint density at radius 2 is 2.06 bits per heavy atom. The van der Waals surface area contributed by atoms with E-state index in [1.807, 2.05) is 18.2 Å². The number of aromatic amines is 1. The second-order valence-corrected chi connectivity index (χ2v) is 3.50. The molecule has 0 unspecified atom stereocenters. The Bertz CT molecular complexity index is 634. The molecular weight excluding hydrogens is 226 g/mol. The second kappa shape index (κ2) is 3.53. The van der Waals surface area contributed by atoms with Crippen LogP contribution in [0.2, 0.25) is 5.28 Å². The quantitative estimate of drug-likeness (QED) is 0.651. The molecule has 1 N–H and O–H groups in total. The summed E-state index contributed by atoms with van der Waals surface area (Å²) in [5.41, 5.74) is 2.68. The monoisotopic (exact) mass is 231 g/mol. The van der Waals surface area contributed by atoms with Crippen molar-refractivity contribution >= 4 is 22.8 Å². The zero-order valence-electron chi connectivity index (χ0n) is 8.05. The first kappa shape index (κ1) is 9.23. The molecule has 0 bridgehead atoms. The van der Waals surface area contributed by atoms with Crippen LogP contribution in [-0.4, -0.2) is 24.9 Å². The van der Waals surface area contributed by atoms with E-state index in [9.17, 15) is 0 Å². The molecule has 3 rings (SSSR count). The van der Waals surface area contributed by atoms with E-state index in [4.69, 9.17) is 11.6 Å². The highest BCUT2D eigenvalue weighted by Gasteiger charge is 2.11. The Hall–Kier alpha value is -2.01. The number of hydrogen-bond acceptors (Lipinski definition) is 4. The average Bonchev–Trinajstić information content (AvgIpc) is 2.77. The van der Waals surface area contributed by atoms with Gasteiger partial charge in [0.15, 0.2) is 5.65 Å². The summed E-state index contributed by atoms with van der Waals surface area (Å²) in [6.45, 7) is 0. The molecule has 78 valence electrons. The smallest absolute Gasteiger partial charge is 0.225 e. The molecule has 5 nitrogen and oxygen atoms in total.